The summed E-state index contributed by atoms with van der Waals surface area (Å²) in [7, 11) is 1.33. The molecule has 0 saturated heterocycles. The first-order valence-corrected chi connectivity index (χ1v) is 12.5. The van der Waals surface area contributed by atoms with E-state index >= 15 is 0 Å². The Kier molecular flexibility index (Phi) is 7.14. The average molecular weight is 521 g/mol. The molecule has 3 aromatic rings. The Bertz CT molecular complexity index is 1320. The molecule has 2 aromatic carbocycles. The molecular formula is C25H23F3N2O3S2. The molecule has 35 heavy (non-hydrogen) atoms. The lowest BCUT2D eigenvalue weighted by atomic mass is 9.77. The summed E-state index contributed by atoms with van der Waals surface area (Å²) < 4.78 is 52.0. The Morgan fingerprint density at radius 3 is 2.51 bits per heavy atom. The van der Waals surface area contributed by atoms with Gasteiger partial charge in [-0.2, -0.15) is 0 Å². The first-order chi connectivity index (χ1) is 16.6. The van der Waals surface area contributed by atoms with Gasteiger partial charge < -0.3 is 14.6 Å². The fourth-order valence-electron chi connectivity index (χ4n) is 3.78. The molecule has 4 rings (SSSR count). The highest BCUT2D eigenvalue weighted by molar-refractivity contribution is 8.00. The van der Waals surface area contributed by atoms with Crippen molar-refractivity contribution in [1.29, 1.82) is 0 Å². The lowest BCUT2D eigenvalue weighted by Gasteiger charge is -2.28. The summed E-state index contributed by atoms with van der Waals surface area (Å²) in [5, 5.41) is 11.5. The van der Waals surface area contributed by atoms with E-state index in [0.717, 1.165) is 53.8 Å². The van der Waals surface area contributed by atoms with E-state index in [0.29, 0.717) is 16.5 Å². The van der Waals surface area contributed by atoms with E-state index in [9.17, 15) is 18.0 Å². The van der Waals surface area contributed by atoms with Gasteiger partial charge in [0.15, 0.2) is 0 Å². The molecule has 1 aliphatic carbocycles. The molecule has 0 aliphatic heterocycles. The highest BCUT2D eigenvalue weighted by Crippen LogP contribution is 2.40. The Labute approximate surface area is 209 Å². The Morgan fingerprint density at radius 2 is 1.86 bits per heavy atom. The van der Waals surface area contributed by atoms with Gasteiger partial charge in [-0.05, 0) is 48.4 Å². The largest absolute Gasteiger partial charge is 0.495 e. The summed E-state index contributed by atoms with van der Waals surface area (Å²) in [6.45, 7) is 4.32. The number of aromatic nitrogens is 1. The fourth-order valence-corrected chi connectivity index (χ4v) is 5.39. The van der Waals surface area contributed by atoms with E-state index in [2.05, 4.69) is 23.6 Å². The third kappa shape index (κ3) is 5.48. The minimum atomic E-state index is -1.41. The predicted octanol–water partition coefficient (Wildman–Crippen LogP) is 7.65. The Hall–Kier alpha value is -2.98. The second-order valence-corrected chi connectivity index (χ2v) is 10.6. The number of rotatable bonds is 7. The molecule has 0 fully saturated rings. The van der Waals surface area contributed by atoms with E-state index in [1.54, 1.807) is 5.38 Å². The van der Waals surface area contributed by atoms with Gasteiger partial charge in [-0.15, -0.1) is 11.3 Å². The summed E-state index contributed by atoms with van der Waals surface area (Å²) in [6.07, 6.45) is 4.42. The number of thiazole rings is 1. The molecule has 0 bridgehead atoms. The van der Waals surface area contributed by atoms with Gasteiger partial charge in [-0.1, -0.05) is 19.9 Å². The van der Waals surface area contributed by atoms with Crippen LogP contribution < -0.4 is 9.46 Å². The van der Waals surface area contributed by atoms with Crippen LogP contribution in [0.15, 0.2) is 40.7 Å². The number of hydrogen-bond acceptors (Lipinski definition) is 6. The highest BCUT2D eigenvalue weighted by Gasteiger charge is 2.24. The number of hydrogen-bond donors (Lipinski definition) is 2. The van der Waals surface area contributed by atoms with Gasteiger partial charge in [0.25, 0.3) is 0 Å². The first kappa shape index (κ1) is 25.1. The normalized spacial score (nSPS) is 15.0. The number of halogens is 3. The van der Waals surface area contributed by atoms with Crippen LogP contribution in [-0.2, 0) is 0 Å². The molecule has 2 N–H and O–H groups in total. The maximum atomic E-state index is 15.0. The number of ether oxygens (including phenoxy) is 1. The molecule has 0 radical (unpaired) electrons. The average Bonchev–Trinajstić information content (AvgIpc) is 3.27. The molecule has 0 saturated carbocycles. The maximum absolute atomic E-state index is 15.0. The third-order valence-electron chi connectivity index (χ3n) is 5.87. The topological polar surface area (TPSA) is 71.5 Å². The minimum Gasteiger partial charge on any atom is -0.495 e. The first-order valence-electron chi connectivity index (χ1n) is 10.8. The van der Waals surface area contributed by atoms with Crippen molar-refractivity contribution in [2.45, 2.75) is 38.1 Å². The van der Waals surface area contributed by atoms with Gasteiger partial charge in [0.1, 0.15) is 33.2 Å². The van der Waals surface area contributed by atoms with E-state index in [1.165, 1.54) is 19.2 Å². The molecule has 0 unspecified atom stereocenters. The van der Waals surface area contributed by atoms with Gasteiger partial charge in [-0.3, -0.25) is 0 Å². The van der Waals surface area contributed by atoms with Crippen LogP contribution in [-0.4, -0.2) is 23.2 Å². The minimum absolute atomic E-state index is 0.0641. The molecule has 1 aromatic heterocycles. The molecule has 0 spiro atoms. The summed E-state index contributed by atoms with van der Waals surface area (Å²) in [5.41, 5.74) is 1.03. The van der Waals surface area contributed by atoms with Crippen LogP contribution in [0.5, 0.6) is 5.75 Å². The van der Waals surface area contributed by atoms with Gasteiger partial charge in [0, 0.05) is 34.5 Å². The molecule has 10 heteroatoms. The number of methoxy groups -OCH3 is 1. The molecule has 1 aliphatic rings. The smallest absolute Gasteiger partial charge is 0.338 e. The highest BCUT2D eigenvalue weighted by atomic mass is 32.2. The van der Waals surface area contributed by atoms with Crippen molar-refractivity contribution >= 4 is 40.5 Å². The van der Waals surface area contributed by atoms with Crippen LogP contribution in [0.2, 0.25) is 0 Å². The van der Waals surface area contributed by atoms with E-state index in [-0.39, 0.29) is 28.0 Å². The van der Waals surface area contributed by atoms with Crippen molar-refractivity contribution in [1.82, 2.24) is 4.98 Å². The monoisotopic (exact) mass is 520 g/mol. The SMILES string of the molecule is COc1cc(C(=O)O)c(F)cc1NSc1csc(-c2cc(F)c(C3=CCC(C)(C)CC3)cc2F)n1. The van der Waals surface area contributed by atoms with E-state index < -0.39 is 29.0 Å². The number of benzene rings is 2. The second-order valence-electron chi connectivity index (χ2n) is 8.94. The van der Waals surface area contributed by atoms with Crippen LogP contribution in [0.3, 0.4) is 0 Å². The molecule has 5 nitrogen and oxygen atoms in total. The predicted molar refractivity (Wildman–Crippen MR) is 132 cm³/mol. The van der Waals surface area contributed by atoms with Crippen LogP contribution >= 0.6 is 23.3 Å². The number of nitrogens with zero attached hydrogens (tertiary/aromatic N) is 1. The van der Waals surface area contributed by atoms with Gasteiger partial charge in [0.2, 0.25) is 0 Å². The summed E-state index contributed by atoms with van der Waals surface area (Å²) in [5.74, 6) is -3.24. The number of allylic oxidation sites excluding steroid dienone is 2. The number of anilines is 1. The number of carboxylic acid groups (broad SMARTS) is 1. The zero-order valence-corrected chi connectivity index (χ0v) is 20.9. The summed E-state index contributed by atoms with van der Waals surface area (Å²) >= 11 is 2.15. The van der Waals surface area contributed by atoms with Crippen molar-refractivity contribution in [3.63, 3.8) is 0 Å². The van der Waals surface area contributed by atoms with Crippen molar-refractivity contribution in [3.05, 3.63) is 64.3 Å². The lowest BCUT2D eigenvalue weighted by molar-refractivity contribution is 0.0691. The van der Waals surface area contributed by atoms with Crippen molar-refractivity contribution in [3.8, 4) is 16.3 Å². The van der Waals surface area contributed by atoms with Gasteiger partial charge >= 0.3 is 5.97 Å². The van der Waals surface area contributed by atoms with Gasteiger partial charge in [-0.25, -0.2) is 22.9 Å². The number of aromatic carboxylic acids is 1. The number of carbonyl (C=O) groups is 1. The quantitative estimate of drug-likeness (QED) is 0.312. The molecule has 0 amide bonds. The zero-order valence-electron chi connectivity index (χ0n) is 19.2. The van der Waals surface area contributed by atoms with Crippen LogP contribution in [0.1, 0.15) is 49.0 Å². The fraction of sp³-hybridized carbons (Fsp3) is 0.280. The van der Waals surface area contributed by atoms with Crippen molar-refractivity contribution in [2.75, 3.05) is 11.8 Å². The molecule has 1 heterocycles. The second kappa shape index (κ2) is 9.94. The van der Waals surface area contributed by atoms with Crippen molar-refractivity contribution in [2.24, 2.45) is 5.41 Å². The van der Waals surface area contributed by atoms with E-state index in [1.807, 2.05) is 6.08 Å². The van der Waals surface area contributed by atoms with Crippen LogP contribution in [0, 0.1) is 22.9 Å². The standard InChI is InChI=1S/C25H23F3N2O3S2/c1-25(2)6-4-13(5-7-25)14-8-18(27)15(9-17(14)26)23-29-22(12-34-23)35-30-20-11-19(28)16(24(31)32)10-21(20)33-3/h4,8-12,30H,5-7H2,1-3H3,(H,31,32). The number of nitrogens with one attached hydrogen (secondary N) is 1. The zero-order chi connectivity index (χ0) is 25.3. The summed E-state index contributed by atoms with van der Waals surface area (Å²) in [4.78, 5) is 15.5. The summed E-state index contributed by atoms with van der Waals surface area (Å²) in [6, 6.07) is 4.50. The molecule has 0 atom stereocenters. The third-order valence-corrected chi connectivity index (χ3v) is 7.64. The lowest BCUT2D eigenvalue weighted by Crippen LogP contribution is -2.14. The van der Waals surface area contributed by atoms with E-state index in [4.69, 9.17) is 9.84 Å². The molecule has 184 valence electrons. The van der Waals surface area contributed by atoms with Crippen LogP contribution in [0.4, 0.5) is 18.9 Å². The number of carboxylic acids is 1. The van der Waals surface area contributed by atoms with Crippen molar-refractivity contribution < 1.29 is 27.8 Å². The Morgan fingerprint density at radius 1 is 1.14 bits per heavy atom. The van der Waals surface area contributed by atoms with Gasteiger partial charge in [0.05, 0.1) is 18.4 Å². The Balaban J connectivity index is 1.52. The molecular weight excluding hydrogens is 497 g/mol. The maximum Gasteiger partial charge on any atom is 0.338 e. The van der Waals surface area contributed by atoms with Crippen LogP contribution in [0.25, 0.3) is 16.1 Å².